The van der Waals surface area contributed by atoms with E-state index < -0.39 is 6.10 Å². The zero-order valence-corrected chi connectivity index (χ0v) is 33.0. The van der Waals surface area contributed by atoms with Gasteiger partial charge in [-0.1, -0.05) is 193 Å². The number of aliphatic hydroxyl groups is 3. The Labute approximate surface area is 310 Å². The molecule has 0 heterocycles. The monoisotopic (exact) mass is 711 g/mol. The molecule has 0 fully saturated rings. The lowest BCUT2D eigenvalue weighted by atomic mass is 10.0. The molecule has 0 aliphatic heterocycles. The van der Waals surface area contributed by atoms with Crippen molar-refractivity contribution in [3.63, 3.8) is 0 Å². The Morgan fingerprint density at radius 3 is 0.700 bits per heavy atom. The van der Waals surface area contributed by atoms with Crippen molar-refractivity contribution in [1.29, 1.82) is 0 Å². The van der Waals surface area contributed by atoms with Crippen molar-refractivity contribution in [2.45, 2.75) is 237 Å². The summed E-state index contributed by atoms with van der Waals surface area (Å²) in [5, 5.41) is 33.4. The van der Waals surface area contributed by atoms with Crippen LogP contribution in [0.1, 0.15) is 231 Å². The molecule has 0 radical (unpaired) electrons. The SMILES string of the molecule is O=C(CCCCCCCCCCCCCCCCCCCO)NCC(O)CNC(=O)CCCCCCCCCCCCCCCCCCCO. The first kappa shape index (κ1) is 48.8. The third kappa shape index (κ3) is 41.2. The van der Waals surface area contributed by atoms with Crippen molar-refractivity contribution in [3.05, 3.63) is 0 Å². The highest BCUT2D eigenvalue weighted by molar-refractivity contribution is 5.76. The van der Waals surface area contributed by atoms with Crippen LogP contribution in [-0.4, -0.2) is 59.5 Å². The number of hydrogen-bond acceptors (Lipinski definition) is 5. The minimum absolute atomic E-state index is 0.00931. The Morgan fingerprint density at radius 2 is 0.500 bits per heavy atom. The molecule has 0 unspecified atom stereocenters. The van der Waals surface area contributed by atoms with Crippen LogP contribution in [0.15, 0.2) is 0 Å². The lowest BCUT2D eigenvalue weighted by Gasteiger charge is -2.13. The van der Waals surface area contributed by atoms with Crippen LogP contribution >= 0.6 is 0 Å². The highest BCUT2D eigenvalue weighted by atomic mass is 16.3. The van der Waals surface area contributed by atoms with Crippen LogP contribution in [0.5, 0.6) is 0 Å². The van der Waals surface area contributed by atoms with Crippen LogP contribution in [0.4, 0.5) is 0 Å². The van der Waals surface area contributed by atoms with Gasteiger partial charge in [0, 0.05) is 39.1 Å². The fraction of sp³-hybridized carbons (Fsp3) is 0.953. The molecule has 0 atom stereocenters. The zero-order valence-electron chi connectivity index (χ0n) is 33.0. The maximum atomic E-state index is 12.1. The molecule has 0 spiro atoms. The van der Waals surface area contributed by atoms with Gasteiger partial charge >= 0.3 is 0 Å². The molecule has 50 heavy (non-hydrogen) atoms. The maximum absolute atomic E-state index is 12.1. The summed E-state index contributed by atoms with van der Waals surface area (Å²) < 4.78 is 0. The number of carbonyl (C=O) groups is 2. The molecule has 0 saturated carbocycles. The second-order valence-electron chi connectivity index (χ2n) is 15.2. The third-order valence-electron chi connectivity index (χ3n) is 10.2. The van der Waals surface area contributed by atoms with E-state index in [0.29, 0.717) is 26.1 Å². The van der Waals surface area contributed by atoms with Gasteiger partial charge < -0.3 is 26.0 Å². The summed E-state index contributed by atoms with van der Waals surface area (Å²) in [5.41, 5.74) is 0. The van der Waals surface area contributed by atoms with Gasteiger partial charge in [0.05, 0.1) is 6.10 Å². The summed E-state index contributed by atoms with van der Waals surface area (Å²) in [7, 11) is 0. The highest BCUT2D eigenvalue weighted by Gasteiger charge is 2.09. The van der Waals surface area contributed by atoms with Crippen LogP contribution in [0.25, 0.3) is 0 Å². The number of amides is 2. The van der Waals surface area contributed by atoms with Gasteiger partial charge in [-0.25, -0.2) is 0 Å². The van der Waals surface area contributed by atoms with Crippen LogP contribution < -0.4 is 10.6 Å². The molecule has 0 bridgehead atoms. The average Bonchev–Trinajstić information content (AvgIpc) is 3.12. The predicted molar refractivity (Wildman–Crippen MR) is 212 cm³/mol. The van der Waals surface area contributed by atoms with E-state index in [4.69, 9.17) is 10.2 Å². The molecule has 0 rings (SSSR count). The summed E-state index contributed by atoms with van der Waals surface area (Å²) in [6, 6.07) is 0. The molecule has 7 nitrogen and oxygen atoms in total. The van der Waals surface area contributed by atoms with Crippen molar-refractivity contribution in [2.75, 3.05) is 26.3 Å². The normalized spacial score (nSPS) is 11.4. The van der Waals surface area contributed by atoms with E-state index in [-0.39, 0.29) is 24.9 Å². The number of rotatable bonds is 42. The summed E-state index contributed by atoms with van der Waals surface area (Å²) >= 11 is 0. The summed E-state index contributed by atoms with van der Waals surface area (Å²) in [5.74, 6) is -0.0186. The Balaban J connectivity index is 3.35. The van der Waals surface area contributed by atoms with E-state index in [1.54, 1.807) is 0 Å². The van der Waals surface area contributed by atoms with Crippen molar-refractivity contribution < 1.29 is 24.9 Å². The quantitative estimate of drug-likeness (QED) is 0.0404. The summed E-state index contributed by atoms with van der Waals surface area (Å²) in [4.78, 5) is 24.3. The Morgan fingerprint density at radius 1 is 0.320 bits per heavy atom. The number of carbonyl (C=O) groups excluding carboxylic acids is 2. The van der Waals surface area contributed by atoms with E-state index in [1.165, 1.54) is 180 Å². The van der Waals surface area contributed by atoms with Gasteiger partial charge in [-0.05, 0) is 25.7 Å². The second-order valence-corrected chi connectivity index (χ2v) is 15.2. The van der Waals surface area contributed by atoms with Crippen LogP contribution in [0.2, 0.25) is 0 Å². The molecule has 0 aromatic heterocycles. The molecule has 0 aromatic carbocycles. The van der Waals surface area contributed by atoms with Gasteiger partial charge in [-0.3, -0.25) is 9.59 Å². The molecule has 0 aliphatic carbocycles. The molecule has 298 valence electrons. The standard InChI is InChI=1S/C43H86N2O5/c46-37-33-29-25-21-17-13-9-5-1-3-7-11-15-19-23-27-31-35-42(49)44-39-41(48)40-45-43(50)36-32-28-24-20-16-12-8-4-2-6-10-14-18-22-26-30-34-38-47/h41,46-48H,1-40H2,(H,44,49)(H,45,50). The first-order valence-corrected chi connectivity index (χ1v) is 22.0. The number of hydrogen-bond donors (Lipinski definition) is 5. The van der Waals surface area contributed by atoms with E-state index in [0.717, 1.165) is 38.5 Å². The van der Waals surface area contributed by atoms with Crippen molar-refractivity contribution >= 4 is 11.8 Å². The van der Waals surface area contributed by atoms with Gasteiger partial charge in [0.15, 0.2) is 0 Å². The van der Waals surface area contributed by atoms with Gasteiger partial charge in [0.25, 0.3) is 0 Å². The van der Waals surface area contributed by atoms with E-state index in [9.17, 15) is 14.7 Å². The number of unbranched alkanes of at least 4 members (excludes halogenated alkanes) is 32. The second kappa shape index (κ2) is 42.2. The minimum atomic E-state index is -0.747. The van der Waals surface area contributed by atoms with Crippen LogP contribution in [0, 0.1) is 0 Å². The molecule has 7 heteroatoms. The lowest BCUT2D eigenvalue weighted by Crippen LogP contribution is -2.39. The van der Waals surface area contributed by atoms with E-state index >= 15 is 0 Å². The van der Waals surface area contributed by atoms with Gasteiger partial charge in [0.2, 0.25) is 11.8 Å². The van der Waals surface area contributed by atoms with Crippen LogP contribution in [-0.2, 0) is 9.59 Å². The third-order valence-corrected chi connectivity index (χ3v) is 10.2. The Bertz CT molecular complexity index is 636. The summed E-state index contributed by atoms with van der Waals surface area (Å²) in [6.07, 6.45) is 43.0. The van der Waals surface area contributed by atoms with E-state index in [2.05, 4.69) is 10.6 Å². The molecule has 2 amide bonds. The first-order valence-electron chi connectivity index (χ1n) is 22.0. The van der Waals surface area contributed by atoms with Crippen LogP contribution in [0.3, 0.4) is 0 Å². The lowest BCUT2D eigenvalue weighted by molar-refractivity contribution is -0.121. The molecule has 0 saturated heterocycles. The van der Waals surface area contributed by atoms with Gasteiger partial charge in [-0.15, -0.1) is 0 Å². The van der Waals surface area contributed by atoms with Crippen molar-refractivity contribution in [3.8, 4) is 0 Å². The molecule has 5 N–H and O–H groups in total. The maximum Gasteiger partial charge on any atom is 0.220 e. The zero-order chi connectivity index (χ0) is 36.4. The molecular weight excluding hydrogens is 624 g/mol. The Kier molecular flexibility index (Phi) is 41.2. The van der Waals surface area contributed by atoms with Crippen molar-refractivity contribution in [2.24, 2.45) is 0 Å². The largest absolute Gasteiger partial charge is 0.396 e. The molecule has 0 aliphatic rings. The van der Waals surface area contributed by atoms with E-state index in [1.807, 2.05) is 0 Å². The highest BCUT2D eigenvalue weighted by Crippen LogP contribution is 2.16. The fourth-order valence-electron chi connectivity index (χ4n) is 6.81. The fourth-order valence-corrected chi connectivity index (χ4v) is 6.81. The molecule has 0 aromatic rings. The van der Waals surface area contributed by atoms with Gasteiger partial charge in [0.1, 0.15) is 0 Å². The first-order chi connectivity index (χ1) is 24.6. The average molecular weight is 711 g/mol. The van der Waals surface area contributed by atoms with Crippen molar-refractivity contribution in [1.82, 2.24) is 10.6 Å². The smallest absolute Gasteiger partial charge is 0.220 e. The number of nitrogens with one attached hydrogen (secondary N) is 2. The Hall–Kier alpha value is -1.18. The molecular formula is C43H86N2O5. The topological polar surface area (TPSA) is 119 Å². The number of aliphatic hydroxyl groups excluding tert-OH is 3. The predicted octanol–water partition coefficient (Wildman–Crippen LogP) is 10.6. The minimum Gasteiger partial charge on any atom is -0.396 e. The van der Waals surface area contributed by atoms with Gasteiger partial charge in [-0.2, -0.15) is 0 Å². The summed E-state index contributed by atoms with van der Waals surface area (Å²) in [6.45, 7) is 1.07.